The third kappa shape index (κ3) is 2.74. The first-order valence-corrected chi connectivity index (χ1v) is 6.69. The van der Waals surface area contributed by atoms with Crippen LogP contribution in [-0.4, -0.2) is 12.2 Å². The quantitative estimate of drug-likeness (QED) is 0.750. The summed E-state index contributed by atoms with van der Waals surface area (Å²) in [5.41, 5.74) is 0.596. The van der Waals surface area contributed by atoms with E-state index in [0.29, 0.717) is 23.5 Å². The summed E-state index contributed by atoms with van der Waals surface area (Å²) in [5.74, 6) is 0.682. The summed E-state index contributed by atoms with van der Waals surface area (Å²) >= 11 is 0. The summed E-state index contributed by atoms with van der Waals surface area (Å²) in [6, 6.07) is 13.9. The van der Waals surface area contributed by atoms with E-state index in [-0.39, 0.29) is 11.3 Å². The van der Waals surface area contributed by atoms with Crippen molar-refractivity contribution >= 4 is 11.0 Å². The van der Waals surface area contributed by atoms with E-state index in [0.717, 1.165) is 11.6 Å². The second-order valence-corrected chi connectivity index (χ2v) is 4.72. The maximum Gasteiger partial charge on any atom is 0.339 e. The van der Waals surface area contributed by atoms with Crippen LogP contribution in [0.3, 0.4) is 0 Å². The monoisotopic (exact) mass is 298 g/mol. The number of aromatic hydroxyl groups is 1. The molecule has 0 aliphatic heterocycles. The zero-order valence-electron chi connectivity index (χ0n) is 11.9. The highest BCUT2D eigenvalue weighted by molar-refractivity contribution is 5.90. The van der Waals surface area contributed by atoms with Crippen molar-refractivity contribution < 1.29 is 19.0 Å². The molecule has 0 fully saturated rings. The molecule has 0 radical (unpaired) electrons. The molecule has 1 heterocycles. The summed E-state index contributed by atoms with van der Waals surface area (Å²) in [7, 11) is 1.47. The first-order chi connectivity index (χ1) is 10.7. The predicted octanol–water partition coefficient (Wildman–Crippen LogP) is 3.09. The van der Waals surface area contributed by atoms with Crippen LogP contribution in [0.25, 0.3) is 11.0 Å². The van der Waals surface area contributed by atoms with E-state index in [1.165, 1.54) is 7.11 Å². The molecule has 112 valence electrons. The van der Waals surface area contributed by atoms with Crippen LogP contribution in [0.5, 0.6) is 17.2 Å². The van der Waals surface area contributed by atoms with Crippen molar-refractivity contribution in [1.82, 2.24) is 0 Å². The largest absolute Gasteiger partial charge is 0.507 e. The summed E-state index contributed by atoms with van der Waals surface area (Å²) in [4.78, 5) is 11.4. The second kappa shape index (κ2) is 5.81. The van der Waals surface area contributed by atoms with Crippen LogP contribution in [0, 0.1) is 0 Å². The van der Waals surface area contributed by atoms with E-state index in [4.69, 9.17) is 13.9 Å². The Morgan fingerprint density at radius 1 is 1.14 bits per heavy atom. The molecule has 0 unspecified atom stereocenters. The molecular weight excluding hydrogens is 284 g/mol. The number of hydrogen-bond acceptors (Lipinski definition) is 5. The van der Waals surface area contributed by atoms with Gasteiger partial charge in [0, 0.05) is 12.1 Å². The van der Waals surface area contributed by atoms with Crippen molar-refractivity contribution in [2.45, 2.75) is 6.61 Å². The average molecular weight is 298 g/mol. The first kappa shape index (κ1) is 14.0. The van der Waals surface area contributed by atoms with Gasteiger partial charge in [0.15, 0.2) is 0 Å². The normalized spacial score (nSPS) is 10.6. The number of hydrogen-bond donors (Lipinski definition) is 1. The van der Waals surface area contributed by atoms with E-state index in [1.807, 2.05) is 30.3 Å². The Hall–Kier alpha value is -2.95. The molecule has 0 aliphatic rings. The van der Waals surface area contributed by atoms with Crippen molar-refractivity contribution in [3.63, 3.8) is 0 Å². The van der Waals surface area contributed by atoms with Crippen LogP contribution in [0.1, 0.15) is 5.56 Å². The van der Waals surface area contributed by atoms with Gasteiger partial charge in [-0.25, -0.2) is 4.79 Å². The van der Waals surface area contributed by atoms with E-state index in [9.17, 15) is 9.90 Å². The van der Waals surface area contributed by atoms with Gasteiger partial charge < -0.3 is 19.0 Å². The molecule has 0 saturated heterocycles. The summed E-state index contributed by atoms with van der Waals surface area (Å²) in [5, 5.41) is 10.2. The molecule has 0 aliphatic carbocycles. The zero-order chi connectivity index (χ0) is 15.5. The average Bonchev–Trinajstić information content (AvgIpc) is 2.52. The van der Waals surface area contributed by atoms with Gasteiger partial charge in [0.1, 0.15) is 34.8 Å². The standard InChI is InChI=1S/C17H14O5/c1-20-14-7-12(21-10-11-5-3-2-4-6-11)8-15-17(14)13(18)9-16(19)22-15/h2-9,18H,10H2,1H3. The van der Waals surface area contributed by atoms with Gasteiger partial charge in [0.25, 0.3) is 0 Å². The van der Waals surface area contributed by atoms with Gasteiger partial charge in [0.2, 0.25) is 0 Å². The second-order valence-electron chi connectivity index (χ2n) is 4.72. The zero-order valence-corrected chi connectivity index (χ0v) is 11.9. The first-order valence-electron chi connectivity index (χ1n) is 6.69. The molecule has 1 N–H and O–H groups in total. The molecule has 0 saturated carbocycles. The third-order valence-corrected chi connectivity index (χ3v) is 3.23. The van der Waals surface area contributed by atoms with Crippen LogP contribution in [0.15, 0.2) is 57.7 Å². The highest BCUT2D eigenvalue weighted by Crippen LogP contribution is 2.35. The molecule has 1 aromatic heterocycles. The molecule has 0 atom stereocenters. The molecule has 0 spiro atoms. The van der Waals surface area contributed by atoms with Crippen molar-refractivity contribution in [3.8, 4) is 17.2 Å². The van der Waals surface area contributed by atoms with Crippen LogP contribution < -0.4 is 15.1 Å². The van der Waals surface area contributed by atoms with Gasteiger partial charge in [-0.05, 0) is 5.56 Å². The number of methoxy groups -OCH3 is 1. The molecule has 2 aromatic carbocycles. The molecule has 5 heteroatoms. The predicted molar refractivity (Wildman–Crippen MR) is 81.5 cm³/mol. The third-order valence-electron chi connectivity index (χ3n) is 3.23. The molecule has 22 heavy (non-hydrogen) atoms. The minimum Gasteiger partial charge on any atom is -0.507 e. The SMILES string of the molecule is COc1cc(OCc2ccccc2)cc2oc(=O)cc(O)c12. The van der Waals surface area contributed by atoms with Crippen LogP contribution in [0.2, 0.25) is 0 Å². The van der Waals surface area contributed by atoms with E-state index < -0.39 is 5.63 Å². The lowest BCUT2D eigenvalue weighted by Crippen LogP contribution is -1.99. The lowest BCUT2D eigenvalue weighted by atomic mass is 10.2. The van der Waals surface area contributed by atoms with E-state index >= 15 is 0 Å². The molecule has 0 amide bonds. The smallest absolute Gasteiger partial charge is 0.339 e. The Morgan fingerprint density at radius 2 is 1.91 bits per heavy atom. The van der Waals surface area contributed by atoms with Crippen LogP contribution in [0.4, 0.5) is 0 Å². The summed E-state index contributed by atoms with van der Waals surface area (Å²) < 4.78 is 16.0. The lowest BCUT2D eigenvalue weighted by molar-refractivity contribution is 0.303. The van der Waals surface area contributed by atoms with E-state index in [1.54, 1.807) is 12.1 Å². The van der Waals surface area contributed by atoms with E-state index in [2.05, 4.69) is 0 Å². The fourth-order valence-electron chi connectivity index (χ4n) is 2.21. The molecule has 5 nitrogen and oxygen atoms in total. The topological polar surface area (TPSA) is 68.9 Å². The summed E-state index contributed by atoms with van der Waals surface area (Å²) in [6.07, 6.45) is 0. The van der Waals surface area contributed by atoms with Crippen LogP contribution in [-0.2, 0) is 6.61 Å². The maximum atomic E-state index is 11.4. The Labute approximate surface area is 126 Å². The maximum absolute atomic E-state index is 11.4. The lowest BCUT2D eigenvalue weighted by Gasteiger charge is -2.11. The number of benzene rings is 2. The number of fused-ring (bicyclic) bond motifs is 1. The number of ether oxygens (including phenoxy) is 2. The van der Waals surface area contributed by atoms with Crippen LogP contribution >= 0.6 is 0 Å². The van der Waals surface area contributed by atoms with Crippen molar-refractivity contribution in [2.75, 3.05) is 7.11 Å². The van der Waals surface area contributed by atoms with Gasteiger partial charge >= 0.3 is 5.63 Å². The molecule has 3 aromatic rings. The Balaban J connectivity index is 1.99. The fourth-order valence-corrected chi connectivity index (χ4v) is 2.21. The van der Waals surface area contributed by atoms with Gasteiger partial charge in [-0.1, -0.05) is 30.3 Å². The van der Waals surface area contributed by atoms with Gasteiger partial charge in [-0.3, -0.25) is 0 Å². The van der Waals surface area contributed by atoms with Gasteiger partial charge in [0.05, 0.1) is 13.2 Å². The van der Waals surface area contributed by atoms with Crippen molar-refractivity contribution in [3.05, 3.63) is 64.5 Å². The summed E-state index contributed by atoms with van der Waals surface area (Å²) in [6.45, 7) is 0.374. The Kier molecular flexibility index (Phi) is 3.70. The molecule has 3 rings (SSSR count). The van der Waals surface area contributed by atoms with Gasteiger partial charge in [-0.15, -0.1) is 0 Å². The van der Waals surface area contributed by atoms with Gasteiger partial charge in [-0.2, -0.15) is 0 Å². The van der Waals surface area contributed by atoms with Crippen molar-refractivity contribution in [1.29, 1.82) is 0 Å². The molecular formula is C17H14O5. The minimum absolute atomic E-state index is 0.183. The van der Waals surface area contributed by atoms with Crippen molar-refractivity contribution in [2.24, 2.45) is 0 Å². The highest BCUT2D eigenvalue weighted by Gasteiger charge is 2.13. The highest BCUT2D eigenvalue weighted by atomic mass is 16.5. The Morgan fingerprint density at radius 3 is 2.64 bits per heavy atom. The number of rotatable bonds is 4. The minimum atomic E-state index is -0.632. The molecule has 0 bridgehead atoms. The fraction of sp³-hybridized carbons (Fsp3) is 0.118. The Bertz CT molecular complexity index is 852.